The van der Waals surface area contributed by atoms with Gasteiger partial charge < -0.3 is 5.73 Å². The minimum absolute atomic E-state index is 0.0657. The van der Waals surface area contributed by atoms with Gasteiger partial charge in [0, 0.05) is 13.0 Å². The maximum atomic E-state index is 12.8. The van der Waals surface area contributed by atoms with Crippen molar-refractivity contribution in [3.8, 4) is 0 Å². The molecular weight excluding hydrogens is 299 g/mol. The summed E-state index contributed by atoms with van der Waals surface area (Å²) < 4.78 is 13.2. The first kappa shape index (κ1) is 14.7. The Kier molecular flexibility index (Phi) is 4.51. The van der Waals surface area contributed by atoms with E-state index in [1.807, 2.05) is 0 Å². The molecule has 1 aromatic carbocycles. The van der Waals surface area contributed by atoms with Crippen LogP contribution in [0.4, 0.5) is 4.39 Å². The van der Waals surface area contributed by atoms with Crippen LogP contribution in [0.25, 0.3) is 6.08 Å². The number of nitrogens with zero attached hydrogens (tertiary/aromatic N) is 1. The monoisotopic (exact) mass is 310 g/mol. The van der Waals surface area contributed by atoms with Crippen LogP contribution in [0.1, 0.15) is 12.0 Å². The average Bonchev–Trinajstić information content (AvgIpc) is 2.65. The highest BCUT2D eigenvalue weighted by Crippen LogP contribution is 2.32. The molecule has 2 N–H and O–H groups in total. The highest BCUT2D eigenvalue weighted by atomic mass is 32.2. The number of thioether (sulfide) groups is 1. The van der Waals surface area contributed by atoms with Crippen LogP contribution in [0.2, 0.25) is 0 Å². The third kappa shape index (κ3) is 3.43. The first-order valence-corrected chi connectivity index (χ1v) is 6.99. The van der Waals surface area contributed by atoms with Crippen molar-refractivity contribution in [2.75, 3.05) is 6.54 Å². The van der Waals surface area contributed by atoms with E-state index in [9.17, 15) is 14.0 Å². The molecule has 2 rings (SSSR count). The molecule has 1 saturated heterocycles. The maximum Gasteiger partial charge on any atom is 0.266 e. The number of carbonyl (C=O) groups excluding carboxylic acids is 2. The van der Waals surface area contributed by atoms with Crippen molar-refractivity contribution in [3.63, 3.8) is 0 Å². The van der Waals surface area contributed by atoms with Crippen LogP contribution in [0.5, 0.6) is 0 Å². The topological polar surface area (TPSA) is 63.4 Å². The summed E-state index contributed by atoms with van der Waals surface area (Å²) in [4.78, 5) is 24.7. The van der Waals surface area contributed by atoms with Gasteiger partial charge in [0.1, 0.15) is 10.1 Å². The Hall–Kier alpha value is -1.73. The van der Waals surface area contributed by atoms with E-state index in [1.54, 1.807) is 18.2 Å². The summed E-state index contributed by atoms with van der Waals surface area (Å²) in [6.45, 7) is 0.181. The summed E-state index contributed by atoms with van der Waals surface area (Å²) >= 11 is 6.25. The molecule has 1 heterocycles. The molecule has 0 atom stereocenters. The lowest BCUT2D eigenvalue weighted by molar-refractivity contribution is -0.123. The van der Waals surface area contributed by atoms with E-state index in [0.717, 1.165) is 11.8 Å². The van der Waals surface area contributed by atoms with Crippen molar-refractivity contribution in [1.82, 2.24) is 4.90 Å². The lowest BCUT2D eigenvalue weighted by Crippen LogP contribution is -2.31. The molecule has 0 aromatic heterocycles. The third-order valence-electron chi connectivity index (χ3n) is 2.62. The molecule has 4 nitrogen and oxygen atoms in total. The van der Waals surface area contributed by atoms with Gasteiger partial charge >= 0.3 is 0 Å². The number of carbonyl (C=O) groups is 2. The Morgan fingerprint density at radius 3 is 2.65 bits per heavy atom. The van der Waals surface area contributed by atoms with Gasteiger partial charge in [-0.05, 0) is 23.8 Å². The minimum Gasteiger partial charge on any atom is -0.370 e. The Labute approximate surface area is 124 Å². The van der Waals surface area contributed by atoms with E-state index < -0.39 is 5.91 Å². The molecular formula is C13H11FN2O2S2. The largest absolute Gasteiger partial charge is 0.370 e. The molecule has 0 unspecified atom stereocenters. The number of thiocarbonyl (C=S) groups is 1. The number of hydrogen-bond donors (Lipinski definition) is 1. The molecule has 1 aliphatic heterocycles. The van der Waals surface area contributed by atoms with Gasteiger partial charge in [-0.1, -0.05) is 36.1 Å². The minimum atomic E-state index is -0.485. The molecule has 0 spiro atoms. The second kappa shape index (κ2) is 6.15. The van der Waals surface area contributed by atoms with Crippen LogP contribution in [0.15, 0.2) is 29.2 Å². The zero-order valence-corrected chi connectivity index (χ0v) is 12.0. The van der Waals surface area contributed by atoms with Crippen LogP contribution in [-0.4, -0.2) is 27.6 Å². The molecule has 0 radical (unpaired) electrons. The number of amides is 2. The molecule has 1 aromatic rings. The van der Waals surface area contributed by atoms with Gasteiger partial charge in [0.25, 0.3) is 5.91 Å². The normalized spacial score (nSPS) is 17.1. The summed E-state index contributed by atoms with van der Waals surface area (Å²) in [5.41, 5.74) is 5.77. The lowest BCUT2D eigenvalue weighted by Gasteiger charge is -2.12. The predicted molar refractivity (Wildman–Crippen MR) is 80.1 cm³/mol. The summed E-state index contributed by atoms with van der Waals surface area (Å²) in [7, 11) is 0. The van der Waals surface area contributed by atoms with Crippen LogP contribution >= 0.6 is 24.0 Å². The van der Waals surface area contributed by atoms with Gasteiger partial charge in [-0.2, -0.15) is 0 Å². The third-order valence-corrected chi connectivity index (χ3v) is 4.00. The summed E-state index contributed by atoms with van der Waals surface area (Å²) in [5.74, 6) is -1.08. The summed E-state index contributed by atoms with van der Waals surface area (Å²) in [5, 5.41) is 0. The molecule has 1 fully saturated rings. The molecule has 104 valence electrons. The van der Waals surface area contributed by atoms with Crippen LogP contribution in [0, 0.1) is 5.82 Å². The number of nitrogens with two attached hydrogens (primary N) is 1. The fraction of sp³-hybridized carbons (Fsp3) is 0.154. The van der Waals surface area contributed by atoms with Crippen molar-refractivity contribution in [2.45, 2.75) is 6.42 Å². The molecule has 0 bridgehead atoms. The average molecular weight is 310 g/mol. The van der Waals surface area contributed by atoms with E-state index in [0.29, 0.717) is 14.8 Å². The lowest BCUT2D eigenvalue weighted by atomic mass is 10.2. The second-order valence-corrected chi connectivity index (χ2v) is 5.78. The molecule has 7 heteroatoms. The SMILES string of the molecule is NC(=O)CCN1C(=O)/C(=C/c2ccc(F)cc2)SC1=S. The standard InChI is InChI=1S/C13H11FN2O2S2/c14-9-3-1-8(2-4-9)7-10-12(18)16(13(19)20-10)6-5-11(15)17/h1-4,7H,5-6H2,(H2,15,17)/b10-7-. The number of rotatable bonds is 4. The summed E-state index contributed by atoms with van der Waals surface area (Å²) in [6, 6.07) is 5.79. The fourth-order valence-corrected chi connectivity index (χ4v) is 2.93. The number of halogens is 1. The second-order valence-electron chi connectivity index (χ2n) is 4.10. The highest BCUT2D eigenvalue weighted by Gasteiger charge is 2.31. The van der Waals surface area contributed by atoms with E-state index in [1.165, 1.54) is 17.0 Å². The van der Waals surface area contributed by atoms with Crippen molar-refractivity contribution >= 4 is 46.2 Å². The fourth-order valence-electron chi connectivity index (χ4n) is 1.63. The zero-order valence-electron chi connectivity index (χ0n) is 10.3. The molecule has 20 heavy (non-hydrogen) atoms. The Morgan fingerprint density at radius 1 is 1.40 bits per heavy atom. The first-order chi connectivity index (χ1) is 9.47. The van der Waals surface area contributed by atoms with Gasteiger partial charge in [-0.25, -0.2) is 4.39 Å². The zero-order chi connectivity index (χ0) is 14.7. The van der Waals surface area contributed by atoms with E-state index in [4.69, 9.17) is 18.0 Å². The Bertz CT molecular complexity index is 599. The number of hydrogen-bond acceptors (Lipinski definition) is 4. The Morgan fingerprint density at radius 2 is 2.05 bits per heavy atom. The molecule has 0 saturated carbocycles. The maximum absolute atomic E-state index is 12.8. The van der Waals surface area contributed by atoms with Crippen LogP contribution < -0.4 is 5.73 Å². The van der Waals surface area contributed by atoms with E-state index in [2.05, 4.69) is 0 Å². The van der Waals surface area contributed by atoms with Gasteiger partial charge in [0.2, 0.25) is 5.91 Å². The van der Waals surface area contributed by atoms with Crippen molar-refractivity contribution in [3.05, 3.63) is 40.6 Å². The van der Waals surface area contributed by atoms with Gasteiger partial charge in [-0.15, -0.1) is 0 Å². The molecule has 1 aliphatic rings. The Balaban J connectivity index is 2.14. The predicted octanol–water partition coefficient (Wildman–Crippen LogP) is 1.90. The first-order valence-electron chi connectivity index (χ1n) is 5.76. The smallest absolute Gasteiger partial charge is 0.266 e. The van der Waals surface area contributed by atoms with Crippen molar-refractivity contribution < 1.29 is 14.0 Å². The van der Waals surface area contributed by atoms with Gasteiger partial charge in [0.05, 0.1) is 4.91 Å². The summed E-state index contributed by atoms with van der Waals surface area (Å²) in [6.07, 6.45) is 1.71. The molecule has 2 amide bonds. The van der Waals surface area contributed by atoms with Gasteiger partial charge in [0.15, 0.2) is 0 Å². The quantitative estimate of drug-likeness (QED) is 0.681. The van der Waals surface area contributed by atoms with E-state index in [-0.39, 0.29) is 24.7 Å². The van der Waals surface area contributed by atoms with E-state index >= 15 is 0 Å². The van der Waals surface area contributed by atoms with Crippen molar-refractivity contribution in [2.24, 2.45) is 5.73 Å². The van der Waals surface area contributed by atoms with Crippen LogP contribution in [0.3, 0.4) is 0 Å². The van der Waals surface area contributed by atoms with Gasteiger partial charge in [-0.3, -0.25) is 14.5 Å². The molecule has 0 aliphatic carbocycles. The number of primary amides is 1. The van der Waals surface area contributed by atoms with Crippen molar-refractivity contribution in [1.29, 1.82) is 0 Å². The highest BCUT2D eigenvalue weighted by molar-refractivity contribution is 8.26. The van der Waals surface area contributed by atoms with Crippen LogP contribution in [-0.2, 0) is 9.59 Å². The number of benzene rings is 1.